The molecule has 2 heterocycles. The van der Waals surface area contributed by atoms with Crippen LogP contribution < -0.4 is 10.9 Å². The molecule has 0 aliphatic heterocycles. The maximum Gasteiger partial charge on any atom is 0.253 e. The van der Waals surface area contributed by atoms with Gasteiger partial charge in [-0.25, -0.2) is 9.37 Å². The molecule has 4 nitrogen and oxygen atoms in total. The zero-order valence-corrected chi connectivity index (χ0v) is 14.5. The lowest BCUT2D eigenvalue weighted by Crippen LogP contribution is -2.16. The summed E-state index contributed by atoms with van der Waals surface area (Å²) in [7, 11) is 0. The maximum absolute atomic E-state index is 13.9. The molecule has 3 rings (SSSR count). The number of nitrogens with one attached hydrogen (secondary N) is 2. The Balaban J connectivity index is 0.00000100. The van der Waals surface area contributed by atoms with Crippen LogP contribution in [0.3, 0.4) is 0 Å². The second-order valence-electron chi connectivity index (χ2n) is 5.00. The van der Waals surface area contributed by atoms with Crippen molar-refractivity contribution in [2.24, 2.45) is 0 Å². The van der Waals surface area contributed by atoms with E-state index in [1.165, 1.54) is 6.20 Å². The minimum absolute atomic E-state index is 0.130. The molecule has 126 valence electrons. The van der Waals surface area contributed by atoms with Gasteiger partial charge in [0.25, 0.3) is 5.56 Å². The number of aromatic amines is 1. The van der Waals surface area contributed by atoms with Crippen LogP contribution in [0, 0.1) is 12.7 Å². The largest absolute Gasteiger partial charge is 0.363 e. The Kier molecular flexibility index (Phi) is 5.93. The molecule has 0 radical (unpaired) electrons. The van der Waals surface area contributed by atoms with E-state index in [0.717, 1.165) is 5.39 Å². The molecule has 24 heavy (non-hydrogen) atoms. The number of hydrogen-bond acceptors (Lipinski definition) is 3. The molecule has 2 aromatic heterocycles. The smallest absolute Gasteiger partial charge is 0.253 e. The molecule has 0 bridgehead atoms. The Morgan fingerprint density at radius 1 is 1.25 bits per heavy atom. The molecular weight excluding hydrogens is 329 g/mol. The van der Waals surface area contributed by atoms with Crippen molar-refractivity contribution in [1.82, 2.24) is 9.97 Å². The summed E-state index contributed by atoms with van der Waals surface area (Å²) in [5, 5.41) is 4.26. The molecule has 0 saturated carbocycles. The molecular formula is C18H19ClFN3O. The van der Waals surface area contributed by atoms with Gasteiger partial charge in [-0.05, 0) is 42.8 Å². The van der Waals surface area contributed by atoms with Gasteiger partial charge in [-0.3, -0.25) is 4.79 Å². The van der Waals surface area contributed by atoms with Crippen LogP contribution in [0.1, 0.15) is 25.0 Å². The van der Waals surface area contributed by atoms with Crippen LogP contribution in [-0.4, -0.2) is 9.97 Å². The van der Waals surface area contributed by atoms with Gasteiger partial charge in [0.2, 0.25) is 0 Å². The fourth-order valence-corrected chi connectivity index (χ4v) is 2.38. The van der Waals surface area contributed by atoms with E-state index in [-0.39, 0.29) is 17.9 Å². The molecule has 0 fully saturated rings. The van der Waals surface area contributed by atoms with Gasteiger partial charge >= 0.3 is 0 Å². The van der Waals surface area contributed by atoms with Gasteiger partial charge in [0.15, 0.2) is 11.6 Å². The first kappa shape index (κ1) is 17.9. The van der Waals surface area contributed by atoms with E-state index >= 15 is 0 Å². The van der Waals surface area contributed by atoms with Gasteiger partial charge in [-0.15, -0.1) is 0 Å². The van der Waals surface area contributed by atoms with Gasteiger partial charge in [0.05, 0.1) is 0 Å². The molecule has 0 atom stereocenters. The van der Waals surface area contributed by atoms with Crippen LogP contribution in [0.15, 0.2) is 41.3 Å². The number of halogens is 2. The number of fused-ring (bicyclic) bond motifs is 1. The summed E-state index contributed by atoms with van der Waals surface area (Å²) in [4.78, 5) is 18.8. The lowest BCUT2D eigenvalue weighted by molar-refractivity contribution is 0.615. The highest BCUT2D eigenvalue weighted by atomic mass is 35.5. The lowest BCUT2D eigenvalue weighted by Gasteiger charge is -2.08. The zero-order valence-electron chi connectivity index (χ0n) is 13.8. The fraction of sp³-hybridized carbons (Fsp3) is 0.222. The third-order valence-electron chi connectivity index (χ3n) is 3.41. The van der Waals surface area contributed by atoms with Gasteiger partial charge in [-0.2, -0.15) is 0 Å². The number of nitrogens with zero attached hydrogens (tertiary/aromatic N) is 1. The SMILES string of the molecule is CC.Cc1ccnc(NCc2cc3cc(Cl)ccc3[nH]c2=O)c1F. The van der Waals surface area contributed by atoms with Crippen molar-refractivity contribution >= 4 is 28.3 Å². The average molecular weight is 348 g/mol. The molecule has 1 aromatic carbocycles. The number of benzene rings is 1. The predicted molar refractivity (Wildman–Crippen MR) is 97.2 cm³/mol. The number of hydrogen-bond donors (Lipinski definition) is 2. The number of rotatable bonds is 3. The summed E-state index contributed by atoms with van der Waals surface area (Å²) in [6.45, 7) is 5.83. The van der Waals surface area contributed by atoms with Crippen molar-refractivity contribution in [2.75, 3.05) is 5.32 Å². The predicted octanol–water partition coefficient (Wildman–Crippen LogP) is 4.66. The number of aryl methyl sites for hydroxylation is 1. The number of anilines is 1. The average Bonchev–Trinajstić information content (AvgIpc) is 2.58. The minimum atomic E-state index is -0.414. The van der Waals surface area contributed by atoms with Gasteiger partial charge in [-0.1, -0.05) is 25.4 Å². The second kappa shape index (κ2) is 7.93. The Bertz CT molecular complexity index is 908. The van der Waals surface area contributed by atoms with Crippen LogP contribution in [-0.2, 0) is 6.54 Å². The molecule has 0 unspecified atom stereocenters. The zero-order chi connectivity index (χ0) is 17.7. The highest BCUT2D eigenvalue weighted by molar-refractivity contribution is 6.31. The molecule has 0 aliphatic carbocycles. The topological polar surface area (TPSA) is 57.8 Å². The van der Waals surface area contributed by atoms with Gasteiger partial charge < -0.3 is 10.3 Å². The van der Waals surface area contributed by atoms with Crippen LogP contribution >= 0.6 is 11.6 Å². The minimum Gasteiger partial charge on any atom is -0.363 e. The van der Waals surface area contributed by atoms with Gasteiger partial charge in [0, 0.05) is 34.2 Å². The Hall–Kier alpha value is -2.40. The summed E-state index contributed by atoms with van der Waals surface area (Å²) in [5.41, 5.74) is 1.46. The van der Waals surface area contributed by atoms with E-state index in [4.69, 9.17) is 11.6 Å². The monoisotopic (exact) mass is 347 g/mol. The number of pyridine rings is 2. The van der Waals surface area contributed by atoms with E-state index in [0.29, 0.717) is 21.7 Å². The van der Waals surface area contributed by atoms with Crippen molar-refractivity contribution in [3.63, 3.8) is 0 Å². The van der Waals surface area contributed by atoms with Crippen molar-refractivity contribution in [3.8, 4) is 0 Å². The van der Waals surface area contributed by atoms with Crippen molar-refractivity contribution in [2.45, 2.75) is 27.3 Å². The maximum atomic E-state index is 13.9. The van der Waals surface area contributed by atoms with Crippen LogP contribution in [0.5, 0.6) is 0 Å². The van der Waals surface area contributed by atoms with E-state index in [2.05, 4.69) is 15.3 Å². The number of H-pyrrole nitrogens is 1. The summed E-state index contributed by atoms with van der Waals surface area (Å²) in [6, 6.07) is 8.55. The molecule has 3 aromatic rings. The molecule has 2 N–H and O–H groups in total. The first-order valence-electron chi connectivity index (χ1n) is 7.71. The van der Waals surface area contributed by atoms with Crippen molar-refractivity contribution in [1.29, 1.82) is 0 Å². The lowest BCUT2D eigenvalue weighted by atomic mass is 10.1. The normalized spacial score (nSPS) is 10.2. The van der Waals surface area contributed by atoms with E-state index < -0.39 is 5.82 Å². The van der Waals surface area contributed by atoms with Crippen LogP contribution in [0.2, 0.25) is 5.02 Å². The Morgan fingerprint density at radius 3 is 2.75 bits per heavy atom. The summed E-state index contributed by atoms with van der Waals surface area (Å²) < 4.78 is 13.9. The van der Waals surface area contributed by atoms with E-state index in [1.54, 1.807) is 37.3 Å². The van der Waals surface area contributed by atoms with E-state index in [1.807, 2.05) is 13.8 Å². The van der Waals surface area contributed by atoms with E-state index in [9.17, 15) is 9.18 Å². The standard InChI is InChI=1S/C16H13ClFN3O.C2H6/c1-9-4-5-19-15(14(9)18)20-8-11-6-10-7-12(17)2-3-13(10)21-16(11)22;1-2/h2-7H,8H2,1H3,(H,19,20)(H,21,22);1-2H3. The highest BCUT2D eigenvalue weighted by Gasteiger charge is 2.08. The summed E-state index contributed by atoms with van der Waals surface area (Å²) in [6.07, 6.45) is 1.52. The highest BCUT2D eigenvalue weighted by Crippen LogP contribution is 2.18. The Labute approximate surface area is 144 Å². The first-order chi connectivity index (χ1) is 11.5. The quantitative estimate of drug-likeness (QED) is 0.724. The third kappa shape index (κ3) is 3.92. The van der Waals surface area contributed by atoms with Crippen LogP contribution in [0.25, 0.3) is 10.9 Å². The molecule has 0 saturated heterocycles. The van der Waals surface area contributed by atoms with Crippen molar-refractivity contribution in [3.05, 3.63) is 68.8 Å². The fourth-order valence-electron chi connectivity index (χ4n) is 2.20. The van der Waals surface area contributed by atoms with Gasteiger partial charge in [0.1, 0.15) is 0 Å². The first-order valence-corrected chi connectivity index (χ1v) is 8.09. The molecule has 0 amide bonds. The second-order valence-corrected chi connectivity index (χ2v) is 5.44. The number of aromatic nitrogens is 2. The summed E-state index contributed by atoms with van der Waals surface area (Å²) >= 11 is 5.95. The van der Waals surface area contributed by atoms with Crippen LogP contribution in [0.4, 0.5) is 10.2 Å². The molecule has 0 spiro atoms. The summed E-state index contributed by atoms with van der Waals surface area (Å²) in [5.74, 6) is -0.284. The third-order valence-corrected chi connectivity index (χ3v) is 3.65. The Morgan fingerprint density at radius 2 is 2.00 bits per heavy atom. The molecule has 0 aliphatic rings. The molecule has 6 heteroatoms. The van der Waals surface area contributed by atoms with Crippen molar-refractivity contribution < 1.29 is 4.39 Å².